The zero-order chi connectivity index (χ0) is 23.9. The van der Waals surface area contributed by atoms with Gasteiger partial charge in [-0.05, 0) is 68.5 Å². The molecule has 2 N–H and O–H groups in total. The third-order valence-electron chi connectivity index (χ3n) is 6.93. The van der Waals surface area contributed by atoms with E-state index >= 15 is 0 Å². The summed E-state index contributed by atoms with van der Waals surface area (Å²) in [5.74, 6) is -1.86. The van der Waals surface area contributed by atoms with Crippen LogP contribution in [0.2, 0.25) is 0 Å². The smallest absolute Gasteiger partial charge is 0.475 e. The second kappa shape index (κ2) is 11.3. The van der Waals surface area contributed by atoms with Crippen molar-refractivity contribution in [3.05, 3.63) is 35.9 Å². The Bertz CT molecular complexity index is 776. The summed E-state index contributed by atoms with van der Waals surface area (Å²) < 4.78 is 37.5. The second-order valence-electron chi connectivity index (χ2n) is 9.34. The van der Waals surface area contributed by atoms with Crippen LogP contribution in [0, 0.1) is 11.3 Å². The third-order valence-corrected chi connectivity index (χ3v) is 6.93. The maximum Gasteiger partial charge on any atom is 0.490 e. The Kier molecular flexibility index (Phi) is 8.75. The number of aliphatic carboxylic acids is 1. The highest BCUT2D eigenvalue weighted by atomic mass is 19.4. The van der Waals surface area contributed by atoms with Crippen molar-refractivity contribution in [2.45, 2.75) is 57.2 Å². The van der Waals surface area contributed by atoms with Gasteiger partial charge in [0, 0.05) is 19.6 Å². The van der Waals surface area contributed by atoms with Gasteiger partial charge in [-0.2, -0.15) is 13.2 Å². The van der Waals surface area contributed by atoms with E-state index in [9.17, 15) is 18.0 Å². The molecular weight excluding hydrogens is 437 g/mol. The highest BCUT2D eigenvalue weighted by Gasteiger charge is 2.44. The molecule has 1 aromatic carbocycles. The number of piperidine rings is 1. The summed E-state index contributed by atoms with van der Waals surface area (Å²) in [6.45, 7) is 4.96. The van der Waals surface area contributed by atoms with Crippen molar-refractivity contribution in [1.29, 1.82) is 0 Å². The van der Waals surface area contributed by atoms with Crippen molar-refractivity contribution in [3.63, 3.8) is 0 Å². The van der Waals surface area contributed by atoms with Crippen molar-refractivity contribution in [3.8, 4) is 0 Å². The van der Waals surface area contributed by atoms with Crippen LogP contribution in [-0.4, -0.2) is 66.9 Å². The maximum absolute atomic E-state index is 12.3. The fourth-order valence-electron chi connectivity index (χ4n) is 4.61. The zero-order valence-corrected chi connectivity index (χ0v) is 18.8. The van der Waals surface area contributed by atoms with E-state index in [-0.39, 0.29) is 17.4 Å². The molecule has 9 heteroatoms. The van der Waals surface area contributed by atoms with Gasteiger partial charge >= 0.3 is 12.1 Å². The number of carbonyl (C=O) groups is 2. The Morgan fingerprint density at radius 3 is 2.33 bits per heavy atom. The number of nitrogens with zero attached hydrogens (tertiary/aromatic N) is 1. The van der Waals surface area contributed by atoms with Crippen molar-refractivity contribution < 1.29 is 32.6 Å². The average molecular weight is 471 g/mol. The van der Waals surface area contributed by atoms with Gasteiger partial charge in [-0.25, -0.2) is 4.79 Å². The number of amides is 1. The van der Waals surface area contributed by atoms with Crippen molar-refractivity contribution in [2.75, 3.05) is 32.8 Å². The summed E-state index contributed by atoms with van der Waals surface area (Å²) in [4.78, 5) is 23.8. The third kappa shape index (κ3) is 7.99. The van der Waals surface area contributed by atoms with E-state index in [1.54, 1.807) is 0 Å². The zero-order valence-electron chi connectivity index (χ0n) is 18.8. The number of carboxylic acid groups (broad SMARTS) is 1. The molecule has 3 aliphatic rings. The Hall–Kier alpha value is -2.13. The van der Waals surface area contributed by atoms with Crippen LogP contribution in [0.1, 0.15) is 44.1 Å². The molecule has 0 radical (unpaired) electrons. The summed E-state index contributed by atoms with van der Waals surface area (Å²) in [7, 11) is 0. The normalized spacial score (nSPS) is 22.8. The quantitative estimate of drug-likeness (QED) is 0.664. The minimum absolute atomic E-state index is 0.207. The van der Waals surface area contributed by atoms with Crippen LogP contribution < -0.4 is 5.32 Å². The first-order chi connectivity index (χ1) is 15.7. The van der Waals surface area contributed by atoms with Crippen LogP contribution >= 0.6 is 0 Å². The Balaban J connectivity index is 0.000000383. The van der Waals surface area contributed by atoms with Gasteiger partial charge in [-0.1, -0.05) is 30.3 Å². The van der Waals surface area contributed by atoms with E-state index in [1.165, 1.54) is 31.2 Å². The molecule has 6 nitrogen and oxygen atoms in total. The molecule has 1 saturated carbocycles. The van der Waals surface area contributed by atoms with Gasteiger partial charge in [0.25, 0.3) is 0 Å². The van der Waals surface area contributed by atoms with E-state index in [0.29, 0.717) is 12.5 Å². The molecule has 33 heavy (non-hydrogen) atoms. The largest absolute Gasteiger partial charge is 0.490 e. The summed E-state index contributed by atoms with van der Waals surface area (Å²) >= 11 is 0. The molecule has 0 bridgehead atoms. The van der Waals surface area contributed by atoms with Crippen LogP contribution in [0.5, 0.6) is 0 Å². The van der Waals surface area contributed by atoms with Gasteiger partial charge in [0.1, 0.15) is 0 Å². The first-order valence-corrected chi connectivity index (χ1v) is 11.6. The van der Waals surface area contributed by atoms with Crippen molar-refractivity contribution in [1.82, 2.24) is 10.2 Å². The summed E-state index contributed by atoms with van der Waals surface area (Å²) in [5.41, 5.74) is 1.67. The van der Waals surface area contributed by atoms with Crippen LogP contribution in [-0.2, 0) is 20.7 Å². The number of rotatable bonds is 6. The van der Waals surface area contributed by atoms with Gasteiger partial charge in [-0.3, -0.25) is 4.79 Å². The Labute approximate surface area is 192 Å². The molecule has 1 amide bonds. The van der Waals surface area contributed by atoms with Crippen molar-refractivity contribution >= 4 is 11.9 Å². The predicted octanol–water partition coefficient (Wildman–Crippen LogP) is 3.65. The first kappa shape index (κ1) is 25.5. The standard InChI is InChI=1S/C22H32N2O2.C2HF3O2/c25-21(16-19-6-7-19)23-20-17-26-15-11-22(20)9-13-24(14-10-22)12-8-18-4-2-1-3-5-18;3-2(4,5)1(6)7/h1-5,19-20H,6-17H2,(H,23,25);(H,6,7). The number of alkyl halides is 3. The fourth-order valence-corrected chi connectivity index (χ4v) is 4.61. The minimum atomic E-state index is -5.08. The van der Waals surface area contributed by atoms with E-state index < -0.39 is 12.1 Å². The summed E-state index contributed by atoms with van der Waals surface area (Å²) in [6.07, 6.45) is 2.67. The molecule has 1 atom stereocenters. The molecule has 2 saturated heterocycles. The lowest BCUT2D eigenvalue weighted by Gasteiger charge is -2.49. The van der Waals surface area contributed by atoms with Gasteiger partial charge in [0.2, 0.25) is 5.91 Å². The van der Waals surface area contributed by atoms with Gasteiger partial charge in [0.15, 0.2) is 0 Å². The molecule has 1 unspecified atom stereocenters. The van der Waals surface area contributed by atoms with Crippen LogP contribution in [0.4, 0.5) is 13.2 Å². The molecule has 1 aliphatic carbocycles. The van der Waals surface area contributed by atoms with Gasteiger partial charge < -0.3 is 20.1 Å². The number of likely N-dealkylation sites (tertiary alicyclic amines) is 1. The van der Waals surface area contributed by atoms with Crippen LogP contribution in [0.3, 0.4) is 0 Å². The Morgan fingerprint density at radius 1 is 1.12 bits per heavy atom. The lowest BCUT2D eigenvalue weighted by Crippen LogP contribution is -2.57. The molecule has 4 rings (SSSR count). The number of hydrogen-bond donors (Lipinski definition) is 2. The van der Waals surface area contributed by atoms with E-state index in [0.717, 1.165) is 45.5 Å². The van der Waals surface area contributed by atoms with E-state index in [1.807, 2.05) is 0 Å². The average Bonchev–Trinajstić information content (AvgIpc) is 3.59. The molecule has 2 aliphatic heterocycles. The monoisotopic (exact) mass is 470 g/mol. The lowest BCUT2D eigenvalue weighted by atomic mass is 9.69. The maximum atomic E-state index is 12.3. The molecule has 184 valence electrons. The van der Waals surface area contributed by atoms with E-state index in [4.69, 9.17) is 14.6 Å². The molecule has 1 aromatic rings. The topological polar surface area (TPSA) is 78.9 Å². The molecule has 0 aromatic heterocycles. The highest BCUT2D eigenvalue weighted by Crippen LogP contribution is 2.41. The number of benzene rings is 1. The SMILES string of the molecule is O=C(CC1CC1)NC1COCCC12CCN(CCc1ccccc1)CC2.O=C(O)C(F)(F)F. The van der Waals surface area contributed by atoms with Crippen LogP contribution in [0.25, 0.3) is 0 Å². The summed E-state index contributed by atoms with van der Waals surface area (Å²) in [6, 6.07) is 11.0. The van der Waals surface area contributed by atoms with Crippen molar-refractivity contribution in [2.24, 2.45) is 11.3 Å². The van der Waals surface area contributed by atoms with Crippen LogP contribution in [0.15, 0.2) is 30.3 Å². The van der Waals surface area contributed by atoms with E-state index in [2.05, 4.69) is 40.5 Å². The highest BCUT2D eigenvalue weighted by molar-refractivity contribution is 5.77. The molecule has 3 fully saturated rings. The predicted molar refractivity (Wildman–Crippen MR) is 117 cm³/mol. The molecular formula is C24H33F3N2O4. The summed E-state index contributed by atoms with van der Waals surface area (Å²) in [5, 5.41) is 10.5. The second-order valence-corrected chi connectivity index (χ2v) is 9.34. The van der Waals surface area contributed by atoms with Gasteiger partial charge in [0.05, 0.1) is 12.6 Å². The number of carboxylic acids is 1. The lowest BCUT2D eigenvalue weighted by molar-refractivity contribution is -0.192. The number of halogens is 3. The Morgan fingerprint density at radius 2 is 1.76 bits per heavy atom. The first-order valence-electron chi connectivity index (χ1n) is 11.6. The molecule has 2 heterocycles. The number of hydrogen-bond acceptors (Lipinski definition) is 4. The molecule has 1 spiro atoms. The minimum Gasteiger partial charge on any atom is -0.475 e. The number of nitrogens with one attached hydrogen (secondary N) is 1. The van der Waals surface area contributed by atoms with Gasteiger partial charge in [-0.15, -0.1) is 0 Å². The fraction of sp³-hybridized carbons (Fsp3) is 0.667. The number of carbonyl (C=O) groups excluding carboxylic acids is 1. The number of ether oxygens (including phenoxy) is 1.